The number of hydrogen-bond donors (Lipinski definition) is 4. The molecule has 2 amide bonds. The number of carboxylic acid groups (broad SMARTS) is 1. The monoisotopic (exact) mass is 245 g/mol. The molecule has 0 aliphatic rings. The Labute approximate surface area is 99.7 Å². The van der Waals surface area contributed by atoms with Crippen molar-refractivity contribution in [1.29, 1.82) is 0 Å². The molecule has 0 spiro atoms. The summed E-state index contributed by atoms with van der Waals surface area (Å²) in [7, 11) is 0. The topological polar surface area (TPSA) is 122 Å². The normalized spacial score (nSPS) is 12.0. The first-order valence-corrected chi connectivity index (χ1v) is 5.33. The molecule has 0 aliphatic carbocycles. The van der Waals surface area contributed by atoms with Gasteiger partial charge in [-0.05, 0) is 5.92 Å². The van der Waals surface area contributed by atoms with Gasteiger partial charge in [0.25, 0.3) is 0 Å². The van der Waals surface area contributed by atoms with Crippen molar-refractivity contribution in [2.45, 2.75) is 26.3 Å². The highest BCUT2D eigenvalue weighted by molar-refractivity contribution is 5.86. The third kappa shape index (κ3) is 8.21. The number of amides is 2. The molecule has 7 nitrogen and oxygen atoms in total. The molecule has 7 heteroatoms. The molecule has 5 N–H and O–H groups in total. The van der Waals surface area contributed by atoms with E-state index in [0.29, 0.717) is 0 Å². The van der Waals surface area contributed by atoms with Crippen molar-refractivity contribution in [2.24, 2.45) is 11.7 Å². The molecule has 1 atom stereocenters. The summed E-state index contributed by atoms with van der Waals surface area (Å²) in [6.45, 7) is 3.10. The minimum atomic E-state index is -1.13. The Balaban J connectivity index is 3.76. The summed E-state index contributed by atoms with van der Waals surface area (Å²) in [5.74, 6) is -1.82. The molecule has 0 aromatic rings. The Morgan fingerprint density at radius 3 is 2.12 bits per heavy atom. The molecular weight excluding hydrogens is 226 g/mol. The van der Waals surface area contributed by atoms with Crippen molar-refractivity contribution in [1.82, 2.24) is 10.6 Å². The van der Waals surface area contributed by atoms with Gasteiger partial charge < -0.3 is 21.5 Å². The standard InChI is InChI=1S/C10H19N3O4/c1-6(2)7(11)3-8(14)12-4-9(15)13-5-10(16)17/h6-7H,3-5,11H2,1-2H3,(H,12,14)(H,13,15)(H,16,17). The van der Waals surface area contributed by atoms with Gasteiger partial charge in [-0.15, -0.1) is 0 Å². The molecule has 0 bridgehead atoms. The summed E-state index contributed by atoms with van der Waals surface area (Å²) in [5.41, 5.74) is 5.68. The lowest BCUT2D eigenvalue weighted by atomic mass is 10.0. The van der Waals surface area contributed by atoms with Crippen molar-refractivity contribution < 1.29 is 19.5 Å². The minimum absolute atomic E-state index is 0.143. The van der Waals surface area contributed by atoms with Crippen LogP contribution in [-0.4, -0.2) is 42.0 Å². The van der Waals surface area contributed by atoms with E-state index in [1.807, 2.05) is 13.8 Å². The molecule has 17 heavy (non-hydrogen) atoms. The van der Waals surface area contributed by atoms with Crippen LogP contribution in [0.4, 0.5) is 0 Å². The van der Waals surface area contributed by atoms with E-state index in [0.717, 1.165) is 0 Å². The van der Waals surface area contributed by atoms with Crippen LogP contribution in [0.1, 0.15) is 20.3 Å². The van der Waals surface area contributed by atoms with Gasteiger partial charge >= 0.3 is 5.97 Å². The highest BCUT2D eigenvalue weighted by Crippen LogP contribution is 2.01. The summed E-state index contributed by atoms with van der Waals surface area (Å²) in [4.78, 5) is 32.5. The van der Waals surface area contributed by atoms with Gasteiger partial charge in [0, 0.05) is 12.5 Å². The molecule has 0 aliphatic heterocycles. The smallest absolute Gasteiger partial charge is 0.322 e. The van der Waals surface area contributed by atoms with Crippen LogP contribution in [0.2, 0.25) is 0 Å². The maximum Gasteiger partial charge on any atom is 0.322 e. The second-order valence-corrected chi connectivity index (χ2v) is 4.06. The van der Waals surface area contributed by atoms with E-state index in [2.05, 4.69) is 10.6 Å². The van der Waals surface area contributed by atoms with Crippen molar-refractivity contribution in [3.8, 4) is 0 Å². The number of aliphatic carboxylic acids is 1. The van der Waals surface area contributed by atoms with Gasteiger partial charge in [0.1, 0.15) is 6.54 Å². The van der Waals surface area contributed by atoms with Gasteiger partial charge in [-0.1, -0.05) is 13.8 Å². The fourth-order valence-corrected chi connectivity index (χ4v) is 0.938. The molecule has 0 heterocycles. The molecule has 98 valence electrons. The van der Waals surface area contributed by atoms with E-state index in [1.165, 1.54) is 0 Å². The van der Waals surface area contributed by atoms with Gasteiger partial charge in [0.15, 0.2) is 0 Å². The number of carbonyl (C=O) groups excluding carboxylic acids is 2. The Morgan fingerprint density at radius 1 is 1.12 bits per heavy atom. The molecule has 0 saturated carbocycles. The fraction of sp³-hybridized carbons (Fsp3) is 0.700. The SMILES string of the molecule is CC(C)C(N)CC(=O)NCC(=O)NCC(=O)O. The molecule has 0 aromatic carbocycles. The van der Waals surface area contributed by atoms with Crippen molar-refractivity contribution in [3.63, 3.8) is 0 Å². The average Bonchev–Trinajstić information content (AvgIpc) is 2.23. The first kappa shape index (κ1) is 15.4. The third-order valence-corrected chi connectivity index (χ3v) is 2.16. The highest BCUT2D eigenvalue weighted by atomic mass is 16.4. The molecule has 0 fully saturated rings. The van der Waals surface area contributed by atoms with Crippen LogP contribution in [0, 0.1) is 5.92 Å². The Hall–Kier alpha value is -1.63. The zero-order chi connectivity index (χ0) is 13.4. The number of nitrogens with one attached hydrogen (secondary N) is 2. The number of hydrogen-bond acceptors (Lipinski definition) is 4. The second kappa shape index (κ2) is 7.61. The molecular formula is C10H19N3O4. The second-order valence-electron chi connectivity index (χ2n) is 4.06. The summed E-state index contributed by atoms with van der Waals surface area (Å²) >= 11 is 0. The van der Waals surface area contributed by atoms with Crippen LogP contribution in [0.5, 0.6) is 0 Å². The predicted molar refractivity (Wildman–Crippen MR) is 61.1 cm³/mol. The van der Waals surface area contributed by atoms with E-state index in [-0.39, 0.29) is 30.8 Å². The molecule has 0 rings (SSSR count). The molecule has 0 aromatic heterocycles. The minimum Gasteiger partial charge on any atom is -0.480 e. The summed E-state index contributed by atoms with van der Waals surface area (Å²) in [5, 5.41) is 12.8. The lowest BCUT2D eigenvalue weighted by molar-refractivity contribution is -0.137. The maximum absolute atomic E-state index is 11.3. The van der Waals surface area contributed by atoms with Gasteiger partial charge in [0.2, 0.25) is 11.8 Å². The fourth-order valence-electron chi connectivity index (χ4n) is 0.938. The predicted octanol–water partition coefficient (Wildman–Crippen LogP) is -1.32. The Morgan fingerprint density at radius 2 is 1.65 bits per heavy atom. The largest absolute Gasteiger partial charge is 0.480 e. The number of carboxylic acids is 1. The van der Waals surface area contributed by atoms with E-state index in [1.54, 1.807) is 0 Å². The van der Waals surface area contributed by atoms with E-state index < -0.39 is 18.4 Å². The number of carbonyl (C=O) groups is 3. The zero-order valence-corrected chi connectivity index (χ0v) is 10.0. The quantitative estimate of drug-likeness (QED) is 0.443. The first-order valence-electron chi connectivity index (χ1n) is 5.33. The van der Waals surface area contributed by atoms with Gasteiger partial charge in [-0.3, -0.25) is 14.4 Å². The van der Waals surface area contributed by atoms with Crippen molar-refractivity contribution in [2.75, 3.05) is 13.1 Å². The maximum atomic E-state index is 11.3. The first-order chi connectivity index (χ1) is 7.82. The van der Waals surface area contributed by atoms with E-state index in [9.17, 15) is 14.4 Å². The molecule has 0 saturated heterocycles. The van der Waals surface area contributed by atoms with E-state index >= 15 is 0 Å². The Kier molecular flexibility index (Phi) is 6.88. The van der Waals surface area contributed by atoms with Crippen LogP contribution in [0.3, 0.4) is 0 Å². The molecule has 0 radical (unpaired) electrons. The zero-order valence-electron chi connectivity index (χ0n) is 10.0. The highest BCUT2D eigenvalue weighted by Gasteiger charge is 2.13. The summed E-state index contributed by atoms with van der Waals surface area (Å²) in [6.07, 6.45) is 0.143. The van der Waals surface area contributed by atoms with Crippen LogP contribution >= 0.6 is 0 Å². The van der Waals surface area contributed by atoms with Crippen molar-refractivity contribution >= 4 is 17.8 Å². The Bertz CT molecular complexity index is 291. The lowest BCUT2D eigenvalue weighted by Gasteiger charge is -2.14. The number of rotatable bonds is 7. The molecule has 1 unspecified atom stereocenters. The number of nitrogens with two attached hydrogens (primary N) is 1. The lowest BCUT2D eigenvalue weighted by Crippen LogP contribution is -2.41. The van der Waals surface area contributed by atoms with Gasteiger partial charge in [0.05, 0.1) is 6.54 Å². The van der Waals surface area contributed by atoms with Crippen LogP contribution in [-0.2, 0) is 14.4 Å². The van der Waals surface area contributed by atoms with Crippen LogP contribution < -0.4 is 16.4 Å². The van der Waals surface area contributed by atoms with Crippen molar-refractivity contribution in [3.05, 3.63) is 0 Å². The summed E-state index contributed by atoms with van der Waals surface area (Å²) < 4.78 is 0. The van der Waals surface area contributed by atoms with E-state index in [4.69, 9.17) is 10.8 Å². The van der Waals surface area contributed by atoms with Gasteiger partial charge in [-0.25, -0.2) is 0 Å². The van der Waals surface area contributed by atoms with Crippen LogP contribution in [0.25, 0.3) is 0 Å². The van der Waals surface area contributed by atoms with Gasteiger partial charge in [-0.2, -0.15) is 0 Å². The average molecular weight is 245 g/mol. The van der Waals surface area contributed by atoms with Crippen LogP contribution in [0.15, 0.2) is 0 Å². The third-order valence-electron chi connectivity index (χ3n) is 2.16. The summed E-state index contributed by atoms with van der Waals surface area (Å²) in [6, 6.07) is -0.253.